The molecule has 1 aromatic rings. The largest absolute Gasteiger partial charge is 0.379 e. The van der Waals surface area contributed by atoms with Crippen LogP contribution in [0.15, 0.2) is 18.2 Å². The maximum absolute atomic E-state index is 13.6. The van der Waals surface area contributed by atoms with Gasteiger partial charge in [0.15, 0.2) is 0 Å². The first kappa shape index (κ1) is 10.5. The number of likely N-dealkylation sites (N-methyl/N-ethyl adjacent to an activating group) is 1. The lowest BCUT2D eigenvalue weighted by molar-refractivity contribution is -0.0599. The molecule has 0 aromatic heterocycles. The summed E-state index contributed by atoms with van der Waals surface area (Å²) in [6.45, 7) is 1.47. The molecule has 0 bridgehead atoms. The first-order valence-corrected chi connectivity index (χ1v) is 4.86. The van der Waals surface area contributed by atoms with E-state index in [9.17, 15) is 8.78 Å². The van der Waals surface area contributed by atoms with E-state index < -0.39 is 11.2 Å². The Morgan fingerprint density at radius 1 is 1.40 bits per heavy atom. The maximum atomic E-state index is 13.6. The second-order valence-corrected chi connectivity index (χ2v) is 3.93. The summed E-state index contributed by atoms with van der Waals surface area (Å²) in [5.74, 6) is -0.774. The van der Waals surface area contributed by atoms with Crippen LogP contribution in [0.5, 0.6) is 0 Å². The van der Waals surface area contributed by atoms with Crippen LogP contribution in [-0.2, 0) is 10.2 Å². The molecular weight excluding hydrogens is 200 g/mol. The summed E-state index contributed by atoms with van der Waals surface area (Å²) in [6, 6.07) is 3.56. The molecule has 1 aliphatic heterocycles. The summed E-state index contributed by atoms with van der Waals surface area (Å²) in [7, 11) is 1.79. The van der Waals surface area contributed by atoms with Gasteiger partial charge in [-0.05, 0) is 25.2 Å². The van der Waals surface area contributed by atoms with E-state index in [2.05, 4.69) is 5.32 Å². The van der Waals surface area contributed by atoms with E-state index in [1.165, 1.54) is 12.1 Å². The fourth-order valence-electron chi connectivity index (χ4n) is 1.94. The Labute approximate surface area is 87.2 Å². The van der Waals surface area contributed by atoms with E-state index in [0.29, 0.717) is 25.3 Å². The van der Waals surface area contributed by atoms with Crippen LogP contribution >= 0.6 is 0 Å². The van der Waals surface area contributed by atoms with Crippen LogP contribution in [0.1, 0.15) is 5.56 Å². The smallest absolute Gasteiger partial charge is 0.127 e. The van der Waals surface area contributed by atoms with E-state index >= 15 is 0 Å². The topological polar surface area (TPSA) is 21.3 Å². The molecule has 0 spiro atoms. The molecule has 0 amide bonds. The van der Waals surface area contributed by atoms with Crippen molar-refractivity contribution in [1.82, 2.24) is 5.32 Å². The van der Waals surface area contributed by atoms with Crippen LogP contribution in [0.4, 0.5) is 8.78 Å². The fourth-order valence-corrected chi connectivity index (χ4v) is 1.94. The summed E-state index contributed by atoms with van der Waals surface area (Å²) in [5, 5.41) is 2.99. The third kappa shape index (κ3) is 1.75. The molecule has 1 saturated heterocycles. The van der Waals surface area contributed by atoms with Crippen LogP contribution in [0.25, 0.3) is 0 Å². The van der Waals surface area contributed by atoms with Crippen molar-refractivity contribution in [1.29, 1.82) is 0 Å². The highest BCUT2D eigenvalue weighted by Crippen LogP contribution is 2.33. The molecule has 1 fully saturated rings. The Morgan fingerprint density at radius 3 is 2.67 bits per heavy atom. The van der Waals surface area contributed by atoms with Gasteiger partial charge in [-0.3, -0.25) is 0 Å². The van der Waals surface area contributed by atoms with E-state index in [1.54, 1.807) is 7.05 Å². The minimum Gasteiger partial charge on any atom is -0.379 e. The zero-order chi connectivity index (χ0) is 10.9. The predicted octanol–water partition coefficient (Wildman–Crippen LogP) is 1.45. The van der Waals surface area contributed by atoms with E-state index in [4.69, 9.17) is 4.74 Å². The Morgan fingerprint density at radius 2 is 2.13 bits per heavy atom. The van der Waals surface area contributed by atoms with Gasteiger partial charge in [0.1, 0.15) is 11.6 Å². The lowest BCUT2D eigenvalue weighted by Gasteiger charge is -2.42. The molecule has 82 valence electrons. The van der Waals surface area contributed by atoms with Gasteiger partial charge in [-0.25, -0.2) is 8.78 Å². The average molecular weight is 213 g/mol. The van der Waals surface area contributed by atoms with E-state index in [0.717, 1.165) is 6.07 Å². The second-order valence-electron chi connectivity index (χ2n) is 3.93. The van der Waals surface area contributed by atoms with Gasteiger partial charge in [0.05, 0.1) is 18.6 Å². The number of benzene rings is 1. The van der Waals surface area contributed by atoms with Gasteiger partial charge in [-0.1, -0.05) is 0 Å². The molecule has 2 rings (SSSR count). The Bertz CT molecular complexity index is 364. The van der Waals surface area contributed by atoms with E-state index in [1.807, 2.05) is 0 Å². The minimum atomic E-state index is -0.409. The van der Waals surface area contributed by atoms with E-state index in [-0.39, 0.29) is 5.82 Å². The highest BCUT2D eigenvalue weighted by atomic mass is 19.1. The van der Waals surface area contributed by atoms with Gasteiger partial charge in [0.25, 0.3) is 0 Å². The molecule has 0 saturated carbocycles. The Hall–Kier alpha value is -1.00. The number of nitrogens with one attached hydrogen (secondary N) is 1. The van der Waals surface area contributed by atoms with Crippen molar-refractivity contribution in [2.45, 2.75) is 5.41 Å². The molecule has 1 aromatic carbocycles. The second kappa shape index (κ2) is 3.87. The standard InChI is InChI=1S/C11H13F2NO/c1-14-5-11(6-15-7-11)9-4-8(12)2-3-10(9)13/h2-4,14H,5-7H2,1H3. The zero-order valence-electron chi connectivity index (χ0n) is 8.52. The summed E-state index contributed by atoms with van der Waals surface area (Å²) < 4.78 is 31.7. The lowest BCUT2D eigenvalue weighted by Crippen LogP contribution is -2.53. The van der Waals surface area contributed by atoms with Gasteiger partial charge in [-0.2, -0.15) is 0 Å². The monoisotopic (exact) mass is 213 g/mol. The van der Waals surface area contributed by atoms with Crippen LogP contribution in [-0.4, -0.2) is 26.8 Å². The molecule has 0 radical (unpaired) electrons. The number of hydrogen-bond donors (Lipinski definition) is 1. The predicted molar refractivity (Wildman–Crippen MR) is 52.8 cm³/mol. The van der Waals surface area contributed by atoms with Crippen molar-refractivity contribution in [3.8, 4) is 0 Å². The number of hydrogen-bond acceptors (Lipinski definition) is 2. The third-order valence-electron chi connectivity index (χ3n) is 2.77. The Kier molecular flexibility index (Phi) is 2.71. The summed E-state index contributed by atoms with van der Waals surface area (Å²) in [6.07, 6.45) is 0. The summed E-state index contributed by atoms with van der Waals surface area (Å²) in [4.78, 5) is 0. The van der Waals surface area contributed by atoms with Crippen LogP contribution in [0.3, 0.4) is 0 Å². The first-order valence-electron chi connectivity index (χ1n) is 4.86. The summed E-state index contributed by atoms with van der Waals surface area (Å²) >= 11 is 0. The number of ether oxygens (including phenoxy) is 1. The van der Waals surface area contributed by atoms with Crippen LogP contribution in [0, 0.1) is 11.6 Å². The molecule has 15 heavy (non-hydrogen) atoms. The molecule has 4 heteroatoms. The van der Waals surface area contributed by atoms with Crippen molar-refractivity contribution in [2.24, 2.45) is 0 Å². The Balaban J connectivity index is 2.37. The molecule has 2 nitrogen and oxygen atoms in total. The third-order valence-corrected chi connectivity index (χ3v) is 2.77. The first-order chi connectivity index (χ1) is 7.18. The molecule has 1 aliphatic rings. The van der Waals surface area contributed by atoms with Crippen LogP contribution < -0.4 is 5.32 Å². The quantitative estimate of drug-likeness (QED) is 0.820. The van der Waals surface area contributed by atoms with Crippen molar-refractivity contribution in [3.63, 3.8) is 0 Å². The zero-order valence-corrected chi connectivity index (χ0v) is 8.52. The summed E-state index contributed by atoms with van der Waals surface area (Å²) in [5.41, 5.74) is 0.00380. The van der Waals surface area contributed by atoms with Crippen molar-refractivity contribution >= 4 is 0 Å². The molecule has 0 unspecified atom stereocenters. The fraction of sp³-hybridized carbons (Fsp3) is 0.455. The minimum absolute atomic E-state index is 0.366. The lowest BCUT2D eigenvalue weighted by atomic mass is 9.78. The highest BCUT2D eigenvalue weighted by Gasteiger charge is 2.41. The molecule has 1 N–H and O–H groups in total. The van der Waals surface area contributed by atoms with Gasteiger partial charge in [0, 0.05) is 12.1 Å². The van der Waals surface area contributed by atoms with Crippen molar-refractivity contribution in [2.75, 3.05) is 26.8 Å². The number of halogens is 2. The normalized spacial score (nSPS) is 18.6. The molecule has 0 atom stereocenters. The van der Waals surface area contributed by atoms with Gasteiger partial charge < -0.3 is 10.1 Å². The molecular formula is C11H13F2NO. The average Bonchev–Trinajstić information content (AvgIpc) is 2.16. The van der Waals surface area contributed by atoms with Gasteiger partial charge in [0.2, 0.25) is 0 Å². The molecule has 0 aliphatic carbocycles. The number of rotatable bonds is 3. The van der Waals surface area contributed by atoms with Gasteiger partial charge >= 0.3 is 0 Å². The van der Waals surface area contributed by atoms with Crippen LogP contribution in [0.2, 0.25) is 0 Å². The van der Waals surface area contributed by atoms with Crippen molar-refractivity contribution < 1.29 is 13.5 Å². The SMILES string of the molecule is CNCC1(c2cc(F)ccc2F)COC1. The van der Waals surface area contributed by atoms with Crippen molar-refractivity contribution in [3.05, 3.63) is 35.4 Å². The molecule has 1 heterocycles. The highest BCUT2D eigenvalue weighted by molar-refractivity contribution is 5.30. The maximum Gasteiger partial charge on any atom is 0.127 e. The van der Waals surface area contributed by atoms with Gasteiger partial charge in [-0.15, -0.1) is 0 Å².